The molecule has 104 valence electrons. The average Bonchev–Trinajstić information content (AvgIpc) is 2.55. The summed E-state index contributed by atoms with van der Waals surface area (Å²) in [7, 11) is 0. The van der Waals surface area contributed by atoms with E-state index in [9.17, 15) is 0 Å². The standard InChI is InChI=1S/C20H19N/c1-3-16-9-7-8-12-18(16)20-13-15(2)19(14-21-20)17-10-5-4-6-11-17/h3-14,20-21H,1H2,2H3. The molecule has 1 heteroatoms. The zero-order valence-corrected chi connectivity index (χ0v) is 12.2. The van der Waals surface area contributed by atoms with Crippen LogP contribution in [-0.2, 0) is 0 Å². The molecule has 0 spiro atoms. The van der Waals surface area contributed by atoms with Crippen molar-refractivity contribution < 1.29 is 0 Å². The molecule has 0 aromatic heterocycles. The average molecular weight is 273 g/mol. The summed E-state index contributed by atoms with van der Waals surface area (Å²) in [5, 5.41) is 3.50. The summed E-state index contributed by atoms with van der Waals surface area (Å²) in [4.78, 5) is 0. The molecular formula is C20H19N. The van der Waals surface area contributed by atoms with Crippen LogP contribution in [0.2, 0.25) is 0 Å². The molecule has 0 saturated carbocycles. The highest BCUT2D eigenvalue weighted by Crippen LogP contribution is 2.31. The fraction of sp³-hybridized carbons (Fsp3) is 0.100. The lowest BCUT2D eigenvalue weighted by Crippen LogP contribution is -2.19. The zero-order valence-electron chi connectivity index (χ0n) is 12.2. The van der Waals surface area contributed by atoms with Gasteiger partial charge in [0.15, 0.2) is 0 Å². The lowest BCUT2D eigenvalue weighted by atomic mass is 9.91. The Labute approximate surface area is 126 Å². The van der Waals surface area contributed by atoms with E-state index in [1.54, 1.807) is 0 Å². The quantitative estimate of drug-likeness (QED) is 0.833. The topological polar surface area (TPSA) is 12.0 Å². The van der Waals surface area contributed by atoms with E-state index >= 15 is 0 Å². The van der Waals surface area contributed by atoms with Crippen molar-refractivity contribution in [1.82, 2.24) is 5.32 Å². The highest BCUT2D eigenvalue weighted by atomic mass is 14.9. The molecule has 1 nitrogen and oxygen atoms in total. The third-order valence-electron chi connectivity index (χ3n) is 3.88. The minimum atomic E-state index is 0.201. The number of benzene rings is 2. The second-order valence-electron chi connectivity index (χ2n) is 5.25. The summed E-state index contributed by atoms with van der Waals surface area (Å²) in [6.07, 6.45) is 6.32. The largest absolute Gasteiger partial charge is 0.380 e. The van der Waals surface area contributed by atoms with Crippen LogP contribution < -0.4 is 5.32 Å². The molecule has 1 N–H and O–H groups in total. The van der Waals surface area contributed by atoms with Crippen molar-refractivity contribution in [2.45, 2.75) is 13.0 Å². The molecule has 0 radical (unpaired) electrons. The Morgan fingerprint density at radius 3 is 2.43 bits per heavy atom. The molecule has 2 aromatic carbocycles. The van der Waals surface area contributed by atoms with E-state index in [0.717, 1.165) is 0 Å². The van der Waals surface area contributed by atoms with Crippen molar-refractivity contribution in [3.63, 3.8) is 0 Å². The molecule has 3 rings (SSSR count). The minimum Gasteiger partial charge on any atom is -0.380 e. The Morgan fingerprint density at radius 1 is 1.00 bits per heavy atom. The molecule has 1 heterocycles. The van der Waals surface area contributed by atoms with Gasteiger partial charge in [-0.3, -0.25) is 0 Å². The highest BCUT2D eigenvalue weighted by molar-refractivity contribution is 5.79. The maximum atomic E-state index is 3.90. The zero-order chi connectivity index (χ0) is 14.7. The predicted octanol–water partition coefficient (Wildman–Crippen LogP) is 4.96. The van der Waals surface area contributed by atoms with Gasteiger partial charge in [0.2, 0.25) is 0 Å². The molecular weight excluding hydrogens is 254 g/mol. The first-order chi connectivity index (χ1) is 10.3. The Bertz CT molecular complexity index is 708. The summed E-state index contributed by atoms with van der Waals surface area (Å²) < 4.78 is 0. The van der Waals surface area contributed by atoms with Crippen molar-refractivity contribution >= 4 is 11.6 Å². The molecule has 0 saturated heterocycles. The van der Waals surface area contributed by atoms with E-state index in [1.165, 1.54) is 27.8 Å². The van der Waals surface area contributed by atoms with Gasteiger partial charge in [0.05, 0.1) is 6.04 Å². The van der Waals surface area contributed by atoms with E-state index in [-0.39, 0.29) is 6.04 Å². The molecule has 1 aliphatic heterocycles. The fourth-order valence-corrected chi connectivity index (χ4v) is 2.76. The van der Waals surface area contributed by atoms with Crippen LogP contribution in [0.5, 0.6) is 0 Å². The Kier molecular flexibility index (Phi) is 3.74. The maximum absolute atomic E-state index is 3.90. The van der Waals surface area contributed by atoms with E-state index in [1.807, 2.05) is 18.2 Å². The van der Waals surface area contributed by atoms with Gasteiger partial charge in [-0.05, 0) is 29.2 Å². The second-order valence-corrected chi connectivity index (χ2v) is 5.25. The second kappa shape index (κ2) is 5.84. The first kappa shape index (κ1) is 13.4. The summed E-state index contributed by atoms with van der Waals surface area (Å²) in [6, 6.07) is 19.0. The number of hydrogen-bond donors (Lipinski definition) is 1. The van der Waals surface area contributed by atoms with Gasteiger partial charge >= 0.3 is 0 Å². The summed E-state index contributed by atoms with van der Waals surface area (Å²) in [6.45, 7) is 6.07. The number of allylic oxidation sites excluding steroid dienone is 2. The minimum absolute atomic E-state index is 0.201. The molecule has 0 bridgehead atoms. The molecule has 21 heavy (non-hydrogen) atoms. The first-order valence-corrected chi connectivity index (χ1v) is 7.21. The Morgan fingerprint density at radius 2 is 1.71 bits per heavy atom. The van der Waals surface area contributed by atoms with Gasteiger partial charge in [-0.25, -0.2) is 0 Å². The van der Waals surface area contributed by atoms with Crippen LogP contribution in [-0.4, -0.2) is 0 Å². The Balaban J connectivity index is 1.92. The summed E-state index contributed by atoms with van der Waals surface area (Å²) >= 11 is 0. The van der Waals surface area contributed by atoms with Gasteiger partial charge < -0.3 is 5.32 Å². The van der Waals surface area contributed by atoms with Crippen molar-refractivity contribution in [3.8, 4) is 0 Å². The number of rotatable bonds is 3. The highest BCUT2D eigenvalue weighted by Gasteiger charge is 2.16. The van der Waals surface area contributed by atoms with Crippen LogP contribution in [0.1, 0.15) is 29.7 Å². The predicted molar refractivity (Wildman–Crippen MR) is 90.6 cm³/mol. The molecule has 0 amide bonds. The summed E-state index contributed by atoms with van der Waals surface area (Å²) in [5.41, 5.74) is 6.23. The lowest BCUT2D eigenvalue weighted by molar-refractivity contribution is 0.741. The smallest absolute Gasteiger partial charge is 0.0704 e. The Hall–Kier alpha value is -2.54. The van der Waals surface area contributed by atoms with Gasteiger partial charge in [-0.2, -0.15) is 0 Å². The van der Waals surface area contributed by atoms with E-state index in [0.29, 0.717) is 0 Å². The van der Waals surface area contributed by atoms with Gasteiger partial charge in [0, 0.05) is 11.8 Å². The van der Waals surface area contributed by atoms with Crippen molar-refractivity contribution in [2.75, 3.05) is 0 Å². The van der Waals surface area contributed by atoms with Crippen LogP contribution in [0.4, 0.5) is 0 Å². The third kappa shape index (κ3) is 2.68. The number of dihydropyridines is 1. The number of nitrogens with one attached hydrogen (secondary N) is 1. The van der Waals surface area contributed by atoms with Crippen molar-refractivity contribution in [2.24, 2.45) is 0 Å². The van der Waals surface area contributed by atoms with Crippen LogP contribution in [0.15, 0.2) is 79.0 Å². The van der Waals surface area contributed by atoms with E-state index in [4.69, 9.17) is 0 Å². The summed E-state index contributed by atoms with van der Waals surface area (Å²) in [5.74, 6) is 0. The van der Waals surface area contributed by atoms with Gasteiger partial charge in [-0.15, -0.1) is 0 Å². The number of hydrogen-bond acceptors (Lipinski definition) is 1. The van der Waals surface area contributed by atoms with Crippen LogP contribution in [0, 0.1) is 0 Å². The monoisotopic (exact) mass is 273 g/mol. The van der Waals surface area contributed by atoms with Gasteiger partial charge in [0.1, 0.15) is 0 Å². The van der Waals surface area contributed by atoms with Crippen LogP contribution in [0.3, 0.4) is 0 Å². The molecule has 0 aliphatic carbocycles. The normalized spacial score (nSPS) is 17.5. The van der Waals surface area contributed by atoms with Gasteiger partial charge in [0.25, 0.3) is 0 Å². The van der Waals surface area contributed by atoms with Crippen LogP contribution in [0.25, 0.3) is 11.6 Å². The van der Waals surface area contributed by atoms with Gasteiger partial charge in [-0.1, -0.05) is 73.3 Å². The van der Waals surface area contributed by atoms with Crippen LogP contribution >= 0.6 is 0 Å². The van der Waals surface area contributed by atoms with E-state index in [2.05, 4.69) is 73.6 Å². The van der Waals surface area contributed by atoms with Crippen molar-refractivity contribution in [1.29, 1.82) is 0 Å². The molecule has 0 fully saturated rings. The molecule has 2 aromatic rings. The van der Waals surface area contributed by atoms with Crippen molar-refractivity contribution in [3.05, 3.63) is 95.7 Å². The first-order valence-electron chi connectivity index (χ1n) is 7.21. The fourth-order valence-electron chi connectivity index (χ4n) is 2.76. The third-order valence-corrected chi connectivity index (χ3v) is 3.88. The SMILES string of the molecule is C=Cc1ccccc1C1C=C(C)C(c2ccccc2)=CN1. The van der Waals surface area contributed by atoms with E-state index < -0.39 is 0 Å². The molecule has 1 aliphatic rings. The maximum Gasteiger partial charge on any atom is 0.0704 e. The molecule has 1 atom stereocenters. The lowest BCUT2D eigenvalue weighted by Gasteiger charge is -2.24. The molecule has 1 unspecified atom stereocenters.